The molecule has 20 heavy (non-hydrogen) atoms. The van der Waals surface area contributed by atoms with E-state index in [1.165, 1.54) is 0 Å². The number of nitrogens with one attached hydrogen (secondary N) is 1. The van der Waals surface area contributed by atoms with Gasteiger partial charge in [-0.25, -0.2) is 18.7 Å². The zero-order valence-corrected chi connectivity index (χ0v) is 10.4. The Labute approximate surface area is 114 Å². The third-order valence-electron chi connectivity index (χ3n) is 2.85. The van der Waals surface area contributed by atoms with Crippen molar-refractivity contribution in [1.29, 1.82) is 0 Å². The molecule has 3 nitrogen and oxygen atoms in total. The van der Waals surface area contributed by atoms with E-state index >= 15 is 0 Å². The summed E-state index contributed by atoms with van der Waals surface area (Å²) in [7, 11) is 0. The molecule has 1 aromatic heterocycles. The molecular weight excluding hydrogens is 260 g/mol. The van der Waals surface area contributed by atoms with Crippen molar-refractivity contribution in [2.24, 2.45) is 0 Å². The van der Waals surface area contributed by atoms with Gasteiger partial charge < -0.3 is 5.32 Å². The van der Waals surface area contributed by atoms with Gasteiger partial charge in [-0.2, -0.15) is 0 Å². The summed E-state index contributed by atoms with van der Waals surface area (Å²) in [6.07, 6.45) is -2.70. The number of alkyl halides is 2. The second-order valence-electron chi connectivity index (χ2n) is 4.24. The molecule has 0 radical (unpaired) electrons. The molecule has 0 atom stereocenters. The fraction of sp³-hybridized carbons (Fsp3) is 0.0667. The summed E-state index contributed by atoms with van der Waals surface area (Å²) < 4.78 is 25.7. The Morgan fingerprint density at radius 1 is 0.850 bits per heavy atom. The molecule has 0 aliphatic heterocycles. The Hall–Kier alpha value is -2.56. The van der Waals surface area contributed by atoms with Crippen molar-refractivity contribution in [1.82, 2.24) is 9.97 Å². The topological polar surface area (TPSA) is 37.8 Å². The molecule has 0 spiro atoms. The van der Waals surface area contributed by atoms with Gasteiger partial charge in [-0.1, -0.05) is 30.3 Å². The number of hydrogen-bond donors (Lipinski definition) is 1. The summed E-state index contributed by atoms with van der Waals surface area (Å²) in [5, 5.41) is 3.77. The lowest BCUT2D eigenvalue weighted by Crippen LogP contribution is -2.02. The van der Waals surface area contributed by atoms with Gasteiger partial charge in [0.05, 0.1) is 5.52 Å². The zero-order chi connectivity index (χ0) is 13.9. The van der Waals surface area contributed by atoms with Crippen molar-refractivity contribution in [3.05, 3.63) is 60.4 Å². The number of anilines is 2. The lowest BCUT2D eigenvalue weighted by Gasteiger charge is -2.10. The van der Waals surface area contributed by atoms with Gasteiger partial charge in [-0.3, -0.25) is 0 Å². The predicted molar refractivity (Wildman–Crippen MR) is 74.2 cm³/mol. The van der Waals surface area contributed by atoms with Crippen molar-refractivity contribution < 1.29 is 8.78 Å². The number of benzene rings is 2. The first-order valence-electron chi connectivity index (χ1n) is 6.11. The van der Waals surface area contributed by atoms with E-state index in [4.69, 9.17) is 0 Å². The summed E-state index contributed by atoms with van der Waals surface area (Å²) in [6, 6.07) is 16.4. The Kier molecular flexibility index (Phi) is 3.25. The molecule has 0 fully saturated rings. The van der Waals surface area contributed by atoms with Crippen LogP contribution in [0.5, 0.6) is 0 Å². The van der Waals surface area contributed by atoms with Gasteiger partial charge in [0.25, 0.3) is 6.43 Å². The van der Waals surface area contributed by atoms with Crippen LogP contribution in [0, 0.1) is 0 Å². The van der Waals surface area contributed by atoms with E-state index in [-0.39, 0.29) is 0 Å². The minimum absolute atomic E-state index is 0.386. The minimum atomic E-state index is -2.70. The van der Waals surface area contributed by atoms with Crippen LogP contribution in [0.1, 0.15) is 12.2 Å². The zero-order valence-electron chi connectivity index (χ0n) is 10.4. The molecule has 0 saturated heterocycles. The number of rotatable bonds is 3. The summed E-state index contributed by atoms with van der Waals surface area (Å²) in [6.45, 7) is 0. The second kappa shape index (κ2) is 5.21. The van der Waals surface area contributed by atoms with Crippen LogP contribution in [0.25, 0.3) is 10.9 Å². The Morgan fingerprint density at radius 3 is 2.30 bits per heavy atom. The van der Waals surface area contributed by atoms with Gasteiger partial charge in [-0.15, -0.1) is 0 Å². The van der Waals surface area contributed by atoms with Crippen LogP contribution in [0.3, 0.4) is 0 Å². The van der Waals surface area contributed by atoms with Crippen molar-refractivity contribution in [3.8, 4) is 0 Å². The molecule has 0 saturated carbocycles. The van der Waals surface area contributed by atoms with Crippen LogP contribution >= 0.6 is 0 Å². The third-order valence-corrected chi connectivity index (χ3v) is 2.85. The normalized spacial score (nSPS) is 10.9. The maximum atomic E-state index is 12.9. The van der Waals surface area contributed by atoms with Crippen LogP contribution in [0.4, 0.5) is 20.3 Å². The van der Waals surface area contributed by atoms with E-state index in [0.29, 0.717) is 16.7 Å². The first-order chi connectivity index (χ1) is 9.74. The van der Waals surface area contributed by atoms with Crippen LogP contribution in [-0.4, -0.2) is 9.97 Å². The molecule has 1 heterocycles. The SMILES string of the molecule is FC(F)c1nc(Nc2ccccc2)c2ccccc2n1. The molecule has 0 unspecified atom stereocenters. The van der Waals surface area contributed by atoms with Crippen molar-refractivity contribution in [2.75, 3.05) is 5.32 Å². The quantitative estimate of drug-likeness (QED) is 0.771. The smallest absolute Gasteiger partial charge is 0.297 e. The summed E-state index contributed by atoms with van der Waals surface area (Å²) in [5.74, 6) is -0.0840. The van der Waals surface area contributed by atoms with E-state index in [2.05, 4.69) is 15.3 Å². The van der Waals surface area contributed by atoms with Gasteiger partial charge in [0.1, 0.15) is 5.82 Å². The first-order valence-corrected chi connectivity index (χ1v) is 6.11. The first kappa shape index (κ1) is 12.5. The molecule has 5 heteroatoms. The molecule has 1 N–H and O–H groups in total. The maximum absolute atomic E-state index is 12.9. The second-order valence-corrected chi connectivity index (χ2v) is 4.24. The standard InChI is InChI=1S/C15H11F2N3/c16-13(17)15-19-12-9-5-4-8-11(12)14(20-15)18-10-6-2-1-3-7-10/h1-9,13H,(H,18,19,20). The van der Waals surface area contributed by atoms with E-state index in [1.54, 1.807) is 18.2 Å². The highest BCUT2D eigenvalue weighted by Gasteiger charge is 2.14. The monoisotopic (exact) mass is 271 g/mol. The van der Waals surface area contributed by atoms with Crippen molar-refractivity contribution in [3.63, 3.8) is 0 Å². The van der Waals surface area contributed by atoms with Gasteiger partial charge >= 0.3 is 0 Å². The molecular formula is C15H11F2N3. The lowest BCUT2D eigenvalue weighted by molar-refractivity contribution is 0.141. The Balaban J connectivity index is 2.12. The number of hydrogen-bond acceptors (Lipinski definition) is 3. The van der Waals surface area contributed by atoms with Gasteiger partial charge in [0, 0.05) is 11.1 Å². The maximum Gasteiger partial charge on any atom is 0.297 e. The molecule has 2 aromatic carbocycles. The van der Waals surface area contributed by atoms with Crippen LogP contribution in [-0.2, 0) is 0 Å². The summed E-state index contributed by atoms with van der Waals surface area (Å²) >= 11 is 0. The Morgan fingerprint density at radius 2 is 1.55 bits per heavy atom. The van der Waals surface area contributed by atoms with Crippen molar-refractivity contribution >= 4 is 22.4 Å². The van der Waals surface area contributed by atoms with E-state index < -0.39 is 12.2 Å². The largest absolute Gasteiger partial charge is 0.340 e. The van der Waals surface area contributed by atoms with Gasteiger partial charge in [-0.05, 0) is 24.3 Å². The summed E-state index contributed by atoms with van der Waals surface area (Å²) in [5.41, 5.74) is 1.29. The molecule has 0 amide bonds. The third kappa shape index (κ3) is 2.42. The molecule has 100 valence electrons. The summed E-state index contributed by atoms with van der Waals surface area (Å²) in [4.78, 5) is 7.80. The fourth-order valence-electron chi connectivity index (χ4n) is 1.95. The molecule has 0 aliphatic carbocycles. The predicted octanol–water partition coefficient (Wildman–Crippen LogP) is 4.31. The average Bonchev–Trinajstić information content (AvgIpc) is 2.48. The minimum Gasteiger partial charge on any atom is -0.340 e. The highest BCUT2D eigenvalue weighted by Crippen LogP contribution is 2.26. The fourth-order valence-corrected chi connectivity index (χ4v) is 1.95. The van der Waals surface area contributed by atoms with E-state index in [1.807, 2.05) is 36.4 Å². The number of halogens is 2. The highest BCUT2D eigenvalue weighted by atomic mass is 19.3. The molecule has 3 rings (SSSR count). The van der Waals surface area contributed by atoms with Crippen molar-refractivity contribution in [2.45, 2.75) is 6.43 Å². The number of para-hydroxylation sites is 2. The molecule has 0 aliphatic rings. The number of aromatic nitrogens is 2. The lowest BCUT2D eigenvalue weighted by atomic mass is 10.2. The Bertz CT molecular complexity index is 730. The van der Waals surface area contributed by atoms with E-state index in [0.717, 1.165) is 5.69 Å². The van der Waals surface area contributed by atoms with Crippen LogP contribution in [0.15, 0.2) is 54.6 Å². The highest BCUT2D eigenvalue weighted by molar-refractivity contribution is 5.90. The van der Waals surface area contributed by atoms with E-state index in [9.17, 15) is 8.78 Å². The molecule has 3 aromatic rings. The number of fused-ring (bicyclic) bond motifs is 1. The number of nitrogens with zero attached hydrogens (tertiary/aromatic N) is 2. The van der Waals surface area contributed by atoms with Crippen LogP contribution in [0.2, 0.25) is 0 Å². The van der Waals surface area contributed by atoms with Gasteiger partial charge in [0.15, 0.2) is 5.82 Å². The average molecular weight is 271 g/mol. The van der Waals surface area contributed by atoms with Gasteiger partial charge in [0.2, 0.25) is 0 Å². The van der Waals surface area contributed by atoms with Crippen LogP contribution < -0.4 is 5.32 Å². The molecule has 0 bridgehead atoms.